The number of carbonyl (C=O) groups is 1. The Bertz CT molecular complexity index is 630. The lowest BCUT2D eigenvalue weighted by molar-refractivity contribution is -0.121. The number of hydrogen-bond acceptors (Lipinski definition) is 2. The average molecular weight is 325 g/mol. The highest BCUT2D eigenvalue weighted by Gasteiger charge is 2.04. The predicted molar refractivity (Wildman–Crippen MR) is 98.6 cm³/mol. The Morgan fingerprint density at radius 3 is 2.12 bits per heavy atom. The summed E-state index contributed by atoms with van der Waals surface area (Å²) >= 11 is 0. The molecular formula is C21H27NO2. The van der Waals surface area contributed by atoms with Crippen LogP contribution in [0.2, 0.25) is 0 Å². The molecule has 0 aliphatic carbocycles. The minimum absolute atomic E-state index is 0.108. The van der Waals surface area contributed by atoms with E-state index in [2.05, 4.69) is 43.4 Å². The molecule has 0 spiro atoms. The highest BCUT2D eigenvalue weighted by molar-refractivity contribution is 5.76. The maximum atomic E-state index is 12.0. The van der Waals surface area contributed by atoms with Crippen LogP contribution in [-0.2, 0) is 17.6 Å². The smallest absolute Gasteiger partial charge is 0.220 e. The Morgan fingerprint density at radius 2 is 1.54 bits per heavy atom. The van der Waals surface area contributed by atoms with Gasteiger partial charge < -0.3 is 10.1 Å². The molecule has 3 heteroatoms. The van der Waals surface area contributed by atoms with E-state index in [-0.39, 0.29) is 5.91 Å². The number of ether oxygens (including phenoxy) is 1. The van der Waals surface area contributed by atoms with Gasteiger partial charge in [0.05, 0.1) is 7.11 Å². The van der Waals surface area contributed by atoms with Crippen molar-refractivity contribution in [2.24, 2.45) is 0 Å². The Balaban J connectivity index is 1.69. The van der Waals surface area contributed by atoms with Crippen LogP contribution in [0, 0.1) is 0 Å². The Hall–Kier alpha value is -2.29. The van der Waals surface area contributed by atoms with Gasteiger partial charge in [-0.3, -0.25) is 4.79 Å². The van der Waals surface area contributed by atoms with Crippen molar-refractivity contribution in [1.82, 2.24) is 5.32 Å². The van der Waals surface area contributed by atoms with E-state index in [0.717, 1.165) is 18.6 Å². The van der Waals surface area contributed by atoms with Gasteiger partial charge in [-0.05, 0) is 47.6 Å². The minimum Gasteiger partial charge on any atom is -0.497 e. The first-order chi connectivity index (χ1) is 11.6. The van der Waals surface area contributed by atoms with Crippen molar-refractivity contribution >= 4 is 5.91 Å². The fourth-order valence-electron chi connectivity index (χ4n) is 2.55. The molecule has 0 fully saturated rings. The molecule has 24 heavy (non-hydrogen) atoms. The van der Waals surface area contributed by atoms with E-state index < -0.39 is 0 Å². The zero-order valence-electron chi connectivity index (χ0n) is 14.8. The number of amides is 1. The standard InChI is InChI=1S/C21H27NO2/c1-16(2)19-9-4-17(5-10-19)8-13-21(23)22-15-14-18-6-11-20(24-3)12-7-18/h4-7,9-12,16H,8,13-15H2,1-3H3,(H,22,23). The van der Waals surface area contributed by atoms with Crippen molar-refractivity contribution in [3.05, 3.63) is 65.2 Å². The van der Waals surface area contributed by atoms with Crippen molar-refractivity contribution in [3.63, 3.8) is 0 Å². The Kier molecular flexibility index (Phi) is 6.86. The lowest BCUT2D eigenvalue weighted by Gasteiger charge is -2.08. The molecule has 128 valence electrons. The summed E-state index contributed by atoms with van der Waals surface area (Å²) in [4.78, 5) is 12.0. The third kappa shape index (κ3) is 5.73. The molecule has 0 aliphatic rings. The first-order valence-corrected chi connectivity index (χ1v) is 8.57. The van der Waals surface area contributed by atoms with Crippen LogP contribution in [0.5, 0.6) is 5.75 Å². The minimum atomic E-state index is 0.108. The van der Waals surface area contributed by atoms with Crippen molar-refractivity contribution in [3.8, 4) is 5.75 Å². The Labute approximate surface area is 145 Å². The van der Waals surface area contributed by atoms with Crippen LogP contribution in [0.15, 0.2) is 48.5 Å². The fourth-order valence-corrected chi connectivity index (χ4v) is 2.55. The average Bonchev–Trinajstić information content (AvgIpc) is 2.61. The molecule has 0 bridgehead atoms. The predicted octanol–water partition coefficient (Wildman–Crippen LogP) is 4.11. The molecule has 0 aromatic heterocycles. The quantitative estimate of drug-likeness (QED) is 0.793. The van der Waals surface area contributed by atoms with Crippen molar-refractivity contribution < 1.29 is 9.53 Å². The molecule has 0 atom stereocenters. The molecule has 0 saturated carbocycles. The number of nitrogens with one attached hydrogen (secondary N) is 1. The van der Waals surface area contributed by atoms with E-state index in [1.807, 2.05) is 24.3 Å². The molecule has 3 nitrogen and oxygen atoms in total. The van der Waals surface area contributed by atoms with Gasteiger partial charge in [0.25, 0.3) is 0 Å². The number of hydrogen-bond donors (Lipinski definition) is 1. The second kappa shape index (κ2) is 9.11. The molecule has 1 N–H and O–H groups in total. The van der Waals surface area contributed by atoms with Crippen molar-refractivity contribution in [2.75, 3.05) is 13.7 Å². The number of rotatable bonds is 8. The molecule has 1 amide bonds. The van der Waals surface area contributed by atoms with Crippen LogP contribution < -0.4 is 10.1 Å². The summed E-state index contributed by atoms with van der Waals surface area (Å²) in [6.07, 6.45) is 2.15. The lowest BCUT2D eigenvalue weighted by atomic mass is 10.0. The number of carbonyl (C=O) groups excluding carboxylic acids is 1. The molecule has 2 aromatic carbocycles. The van der Waals surface area contributed by atoms with Crippen LogP contribution in [0.25, 0.3) is 0 Å². The van der Waals surface area contributed by atoms with Gasteiger partial charge in [0.2, 0.25) is 5.91 Å². The van der Waals surface area contributed by atoms with Crippen molar-refractivity contribution in [1.29, 1.82) is 0 Å². The monoisotopic (exact) mass is 325 g/mol. The molecule has 0 heterocycles. The van der Waals surface area contributed by atoms with E-state index in [0.29, 0.717) is 18.9 Å². The molecule has 0 unspecified atom stereocenters. The van der Waals surface area contributed by atoms with E-state index in [1.165, 1.54) is 16.7 Å². The van der Waals surface area contributed by atoms with Gasteiger partial charge >= 0.3 is 0 Å². The van der Waals surface area contributed by atoms with Crippen LogP contribution >= 0.6 is 0 Å². The largest absolute Gasteiger partial charge is 0.497 e. The SMILES string of the molecule is COc1ccc(CCNC(=O)CCc2ccc(C(C)C)cc2)cc1. The number of benzene rings is 2. The van der Waals surface area contributed by atoms with E-state index in [1.54, 1.807) is 7.11 Å². The normalized spacial score (nSPS) is 10.7. The molecule has 0 radical (unpaired) electrons. The summed E-state index contributed by atoms with van der Waals surface area (Å²) in [5.41, 5.74) is 3.74. The molecule has 0 aliphatic heterocycles. The van der Waals surface area contributed by atoms with Gasteiger partial charge in [0.1, 0.15) is 5.75 Å². The summed E-state index contributed by atoms with van der Waals surface area (Å²) in [5.74, 6) is 1.50. The number of aryl methyl sites for hydroxylation is 1. The van der Waals surface area contributed by atoms with Gasteiger partial charge in [-0.1, -0.05) is 50.2 Å². The van der Waals surface area contributed by atoms with Crippen LogP contribution in [0.3, 0.4) is 0 Å². The molecule has 2 rings (SSSR count). The summed E-state index contributed by atoms with van der Waals surface area (Å²) in [6.45, 7) is 5.04. The third-order valence-corrected chi connectivity index (χ3v) is 4.18. The maximum absolute atomic E-state index is 12.0. The molecule has 2 aromatic rings. The highest BCUT2D eigenvalue weighted by Crippen LogP contribution is 2.15. The maximum Gasteiger partial charge on any atom is 0.220 e. The van der Waals surface area contributed by atoms with Gasteiger partial charge in [-0.15, -0.1) is 0 Å². The van der Waals surface area contributed by atoms with E-state index in [4.69, 9.17) is 4.74 Å². The van der Waals surface area contributed by atoms with Gasteiger partial charge in [-0.2, -0.15) is 0 Å². The third-order valence-electron chi connectivity index (χ3n) is 4.18. The van der Waals surface area contributed by atoms with Crippen molar-refractivity contribution in [2.45, 2.75) is 39.0 Å². The highest BCUT2D eigenvalue weighted by atomic mass is 16.5. The summed E-state index contributed by atoms with van der Waals surface area (Å²) in [7, 11) is 1.66. The van der Waals surface area contributed by atoms with Gasteiger partial charge in [-0.25, -0.2) is 0 Å². The van der Waals surface area contributed by atoms with E-state index >= 15 is 0 Å². The van der Waals surface area contributed by atoms with Crippen LogP contribution in [0.1, 0.15) is 42.9 Å². The zero-order chi connectivity index (χ0) is 17.4. The lowest BCUT2D eigenvalue weighted by Crippen LogP contribution is -2.25. The van der Waals surface area contributed by atoms with Crippen LogP contribution in [-0.4, -0.2) is 19.6 Å². The second-order valence-electron chi connectivity index (χ2n) is 6.34. The first kappa shape index (κ1) is 18.1. The van der Waals surface area contributed by atoms with Gasteiger partial charge in [0.15, 0.2) is 0 Å². The molecule has 0 saturated heterocycles. The van der Waals surface area contributed by atoms with Gasteiger partial charge in [0, 0.05) is 13.0 Å². The number of methoxy groups -OCH3 is 1. The summed E-state index contributed by atoms with van der Waals surface area (Å²) in [5, 5.41) is 2.99. The zero-order valence-corrected chi connectivity index (χ0v) is 14.8. The fraction of sp³-hybridized carbons (Fsp3) is 0.381. The summed E-state index contributed by atoms with van der Waals surface area (Å²) < 4.78 is 5.14. The summed E-state index contributed by atoms with van der Waals surface area (Å²) in [6, 6.07) is 16.5. The molecular weight excluding hydrogens is 298 g/mol. The first-order valence-electron chi connectivity index (χ1n) is 8.57. The van der Waals surface area contributed by atoms with Crippen LogP contribution in [0.4, 0.5) is 0 Å². The van der Waals surface area contributed by atoms with E-state index in [9.17, 15) is 4.79 Å². The topological polar surface area (TPSA) is 38.3 Å². The Morgan fingerprint density at radius 1 is 0.958 bits per heavy atom. The second-order valence-corrected chi connectivity index (χ2v) is 6.34.